The number of methoxy groups -OCH3 is 2. The highest BCUT2D eigenvalue weighted by atomic mass is 16.6. The van der Waals surface area contributed by atoms with Crippen LogP contribution in [0, 0.1) is 5.92 Å². The van der Waals surface area contributed by atoms with Crippen molar-refractivity contribution in [2.45, 2.75) is 45.1 Å². The number of aliphatic hydroxyl groups is 1. The van der Waals surface area contributed by atoms with Gasteiger partial charge in [0.25, 0.3) is 0 Å². The van der Waals surface area contributed by atoms with E-state index < -0.39 is 6.29 Å². The average molecular weight is 340 g/mol. The zero-order valence-electron chi connectivity index (χ0n) is 14.8. The van der Waals surface area contributed by atoms with E-state index in [2.05, 4.69) is 34.4 Å². The zero-order valence-corrected chi connectivity index (χ0v) is 14.8. The van der Waals surface area contributed by atoms with E-state index in [-0.39, 0.29) is 12.1 Å². The molecule has 1 aromatic rings. The molecule has 1 saturated heterocycles. The summed E-state index contributed by atoms with van der Waals surface area (Å²) >= 11 is 0. The molecule has 136 valence electrons. The quantitative estimate of drug-likeness (QED) is 0.613. The van der Waals surface area contributed by atoms with Crippen molar-refractivity contribution in [3.63, 3.8) is 0 Å². The molecule has 1 unspecified atom stereocenters. The summed E-state index contributed by atoms with van der Waals surface area (Å²) in [6.07, 6.45) is 0.997. The molecule has 2 heterocycles. The number of nitrogens with zero attached hydrogens (tertiary/aromatic N) is 2. The molecule has 0 saturated carbocycles. The molecule has 1 aliphatic rings. The summed E-state index contributed by atoms with van der Waals surface area (Å²) in [6.45, 7) is 5.58. The van der Waals surface area contributed by atoms with Crippen LogP contribution in [0.5, 0.6) is 11.8 Å². The smallest absolute Gasteiger partial charge is 0.229 e. The molecule has 1 aromatic heterocycles. The summed E-state index contributed by atoms with van der Waals surface area (Å²) in [5.74, 6) is 1.85. The maximum Gasteiger partial charge on any atom is 0.229 e. The number of hydrogen-bond donors (Lipinski definition) is 3. The highest BCUT2D eigenvalue weighted by molar-refractivity contribution is 5.34. The first-order valence-electron chi connectivity index (χ1n) is 8.28. The summed E-state index contributed by atoms with van der Waals surface area (Å²) in [7, 11) is 3.11. The molecule has 0 amide bonds. The lowest BCUT2D eigenvalue weighted by Gasteiger charge is -2.24. The summed E-state index contributed by atoms with van der Waals surface area (Å²) in [6, 6.07) is 1.70. The van der Waals surface area contributed by atoms with Crippen LogP contribution in [0.2, 0.25) is 0 Å². The Morgan fingerprint density at radius 1 is 1.29 bits per heavy atom. The first kappa shape index (κ1) is 18.7. The molecule has 0 aliphatic carbocycles. The van der Waals surface area contributed by atoms with E-state index in [0.717, 1.165) is 12.8 Å². The van der Waals surface area contributed by atoms with Crippen molar-refractivity contribution in [2.75, 3.05) is 32.7 Å². The molecule has 2 rings (SSSR count). The second kappa shape index (κ2) is 9.00. The van der Waals surface area contributed by atoms with Crippen LogP contribution in [0.25, 0.3) is 0 Å². The maximum atomic E-state index is 9.75. The Labute approximate surface area is 142 Å². The third kappa shape index (κ3) is 5.47. The topological polar surface area (TPSA) is 97.8 Å². The van der Waals surface area contributed by atoms with E-state index in [1.54, 1.807) is 20.3 Å². The fraction of sp³-hybridized carbons (Fsp3) is 0.750. The highest BCUT2D eigenvalue weighted by Gasteiger charge is 2.26. The van der Waals surface area contributed by atoms with Gasteiger partial charge in [-0.15, -0.1) is 0 Å². The first-order valence-corrected chi connectivity index (χ1v) is 8.28. The van der Waals surface area contributed by atoms with Crippen LogP contribution >= 0.6 is 0 Å². The molecule has 0 spiro atoms. The molecule has 8 nitrogen and oxygen atoms in total. The van der Waals surface area contributed by atoms with Gasteiger partial charge in [-0.25, -0.2) is 0 Å². The fourth-order valence-electron chi connectivity index (χ4n) is 2.69. The standard InChI is InChI=1S/C16H28N4O4/c1-10(2)7-11(9-17-12-5-6-24-15(12)21)18-16-19-13(22-3)8-14(20-16)23-4/h8,10-12,15,17,21H,5-7,9H2,1-4H3,(H,18,19,20)/t11-,12+,15?/m1/s1. The highest BCUT2D eigenvalue weighted by Crippen LogP contribution is 2.19. The molecule has 3 N–H and O–H groups in total. The Bertz CT molecular complexity index is 493. The zero-order chi connectivity index (χ0) is 17.5. The number of aromatic nitrogens is 2. The van der Waals surface area contributed by atoms with Gasteiger partial charge >= 0.3 is 0 Å². The Kier molecular flexibility index (Phi) is 7.01. The molecule has 1 aliphatic heterocycles. The Balaban J connectivity index is 2.02. The van der Waals surface area contributed by atoms with Gasteiger partial charge in [-0.3, -0.25) is 0 Å². The predicted octanol–water partition coefficient (Wildman–Crippen LogP) is 1.02. The largest absolute Gasteiger partial charge is 0.481 e. The number of rotatable bonds is 9. The molecule has 0 aromatic carbocycles. The molecule has 0 radical (unpaired) electrons. The summed E-state index contributed by atoms with van der Waals surface area (Å²) in [4.78, 5) is 8.63. The van der Waals surface area contributed by atoms with Crippen molar-refractivity contribution >= 4 is 5.95 Å². The van der Waals surface area contributed by atoms with Crippen LogP contribution in [0.4, 0.5) is 5.95 Å². The minimum absolute atomic E-state index is 0.0396. The van der Waals surface area contributed by atoms with E-state index in [4.69, 9.17) is 14.2 Å². The predicted molar refractivity (Wildman–Crippen MR) is 90.4 cm³/mol. The lowest BCUT2D eigenvalue weighted by atomic mass is 10.0. The Hall–Kier alpha value is -1.64. The SMILES string of the molecule is COc1cc(OC)nc(N[C@@H](CN[C@H]2CCOC2O)CC(C)C)n1. The molecule has 1 fully saturated rings. The molecule has 8 heteroatoms. The van der Waals surface area contributed by atoms with E-state index in [9.17, 15) is 5.11 Å². The monoisotopic (exact) mass is 340 g/mol. The van der Waals surface area contributed by atoms with E-state index in [0.29, 0.717) is 36.8 Å². The van der Waals surface area contributed by atoms with Gasteiger partial charge < -0.3 is 30.0 Å². The van der Waals surface area contributed by atoms with Crippen molar-refractivity contribution in [3.8, 4) is 11.8 Å². The second-order valence-electron chi connectivity index (χ2n) is 6.31. The lowest BCUT2D eigenvalue weighted by molar-refractivity contribution is -0.0717. The van der Waals surface area contributed by atoms with Crippen molar-refractivity contribution in [2.24, 2.45) is 5.92 Å². The number of anilines is 1. The van der Waals surface area contributed by atoms with E-state index >= 15 is 0 Å². The normalized spacial score (nSPS) is 21.8. The molecule has 0 bridgehead atoms. The van der Waals surface area contributed by atoms with Gasteiger partial charge in [-0.1, -0.05) is 13.8 Å². The Morgan fingerprint density at radius 2 is 1.96 bits per heavy atom. The second-order valence-corrected chi connectivity index (χ2v) is 6.31. The van der Waals surface area contributed by atoms with Gasteiger partial charge in [0.05, 0.1) is 32.9 Å². The van der Waals surface area contributed by atoms with Gasteiger partial charge in [0.2, 0.25) is 17.7 Å². The number of ether oxygens (including phenoxy) is 3. The van der Waals surface area contributed by atoms with Crippen LogP contribution in [0.15, 0.2) is 6.07 Å². The van der Waals surface area contributed by atoms with Crippen molar-refractivity contribution in [1.29, 1.82) is 0 Å². The summed E-state index contributed by atoms with van der Waals surface area (Å²) < 4.78 is 15.5. The van der Waals surface area contributed by atoms with Gasteiger partial charge in [-0.05, 0) is 18.8 Å². The van der Waals surface area contributed by atoms with Crippen LogP contribution in [0.3, 0.4) is 0 Å². The maximum absolute atomic E-state index is 9.75. The van der Waals surface area contributed by atoms with Crippen LogP contribution in [0.1, 0.15) is 26.7 Å². The number of hydrogen-bond acceptors (Lipinski definition) is 8. The van der Waals surface area contributed by atoms with Crippen molar-refractivity contribution < 1.29 is 19.3 Å². The van der Waals surface area contributed by atoms with Crippen molar-refractivity contribution in [1.82, 2.24) is 15.3 Å². The molecule has 3 atom stereocenters. The van der Waals surface area contributed by atoms with Crippen LogP contribution < -0.4 is 20.1 Å². The minimum Gasteiger partial charge on any atom is -0.481 e. The molecular weight excluding hydrogens is 312 g/mol. The minimum atomic E-state index is -0.738. The first-order chi connectivity index (χ1) is 11.5. The van der Waals surface area contributed by atoms with Crippen LogP contribution in [-0.2, 0) is 4.74 Å². The summed E-state index contributed by atoms with van der Waals surface area (Å²) in [5, 5.41) is 16.4. The third-order valence-electron chi connectivity index (χ3n) is 3.87. The lowest BCUT2D eigenvalue weighted by Crippen LogP contribution is -2.43. The van der Waals surface area contributed by atoms with E-state index in [1.807, 2.05) is 0 Å². The Morgan fingerprint density at radius 3 is 2.46 bits per heavy atom. The van der Waals surface area contributed by atoms with Crippen LogP contribution in [-0.4, -0.2) is 60.8 Å². The van der Waals surface area contributed by atoms with Gasteiger partial charge in [0.15, 0.2) is 6.29 Å². The van der Waals surface area contributed by atoms with Gasteiger partial charge in [-0.2, -0.15) is 9.97 Å². The van der Waals surface area contributed by atoms with Gasteiger partial charge in [0.1, 0.15) is 0 Å². The average Bonchev–Trinajstić information content (AvgIpc) is 2.96. The van der Waals surface area contributed by atoms with Crippen molar-refractivity contribution in [3.05, 3.63) is 6.07 Å². The molecular formula is C16H28N4O4. The van der Waals surface area contributed by atoms with Gasteiger partial charge in [0, 0.05) is 12.6 Å². The van der Waals surface area contributed by atoms with E-state index in [1.165, 1.54) is 0 Å². The summed E-state index contributed by atoms with van der Waals surface area (Å²) in [5.41, 5.74) is 0. The third-order valence-corrected chi connectivity index (χ3v) is 3.87. The number of aliphatic hydroxyl groups excluding tert-OH is 1. The molecule has 24 heavy (non-hydrogen) atoms. The number of nitrogens with one attached hydrogen (secondary N) is 2. The fourth-order valence-corrected chi connectivity index (χ4v) is 2.69.